The van der Waals surface area contributed by atoms with Crippen LogP contribution < -0.4 is 5.73 Å². The summed E-state index contributed by atoms with van der Waals surface area (Å²) in [5, 5.41) is 12.5. The van der Waals surface area contributed by atoms with Crippen molar-refractivity contribution in [2.45, 2.75) is 0 Å². The Morgan fingerprint density at radius 3 is 2.75 bits per heavy atom. The highest BCUT2D eigenvalue weighted by Gasteiger charge is 2.36. The highest BCUT2D eigenvalue weighted by atomic mass is 16.6. The molecule has 0 unspecified atom stereocenters. The van der Waals surface area contributed by atoms with Crippen molar-refractivity contribution in [1.82, 2.24) is 10.0 Å². The molecule has 1 aliphatic heterocycles. The molecule has 0 spiro atoms. The first-order valence-corrected chi connectivity index (χ1v) is 3.19. The number of hydrogen-bond acceptors (Lipinski definition) is 4. The number of likely N-dealkylation sites (N-methyl/N-ethyl adjacent to an activating group) is 1. The van der Waals surface area contributed by atoms with Crippen LogP contribution in [0.3, 0.4) is 0 Å². The normalized spacial score (nSPS) is 17.8. The number of rotatable bonds is 1. The molecule has 1 aliphatic rings. The van der Waals surface area contributed by atoms with Gasteiger partial charge in [0, 0.05) is 13.1 Å². The van der Waals surface area contributed by atoms with E-state index in [2.05, 4.69) is 0 Å². The number of carbonyl (C=O) groups is 1. The van der Waals surface area contributed by atoms with E-state index in [1.54, 1.807) is 0 Å². The molecular weight excluding hydrogens is 164 g/mol. The molecule has 0 aromatic heterocycles. The van der Waals surface area contributed by atoms with Gasteiger partial charge >= 0.3 is 11.9 Å². The molecule has 0 aromatic carbocycles. The molecule has 0 saturated carbocycles. The van der Waals surface area contributed by atoms with E-state index in [4.69, 9.17) is 5.73 Å². The molecule has 0 bridgehead atoms. The minimum absolute atomic E-state index is 0.287. The maximum atomic E-state index is 10.7. The number of nitrogens with two attached hydrogens (primary N) is 1. The molecule has 0 aromatic rings. The zero-order valence-corrected chi connectivity index (χ0v) is 6.43. The average molecular weight is 172 g/mol. The van der Waals surface area contributed by atoms with E-state index in [1.165, 1.54) is 18.1 Å². The monoisotopic (exact) mass is 172 g/mol. The Hall–Kier alpha value is -1.63. The van der Waals surface area contributed by atoms with Crippen LogP contribution >= 0.6 is 0 Å². The standard InChI is InChI=1S/C5H8N4O3/c1-7-3-2-4(9(11)12)8(7)5(6)10/h2H,3H2,1H3,(H2,6,10). The Kier molecular flexibility index (Phi) is 1.96. The molecule has 0 atom stereocenters. The first kappa shape index (κ1) is 8.47. The maximum absolute atomic E-state index is 10.7. The third-order valence-corrected chi connectivity index (χ3v) is 1.49. The van der Waals surface area contributed by atoms with Gasteiger partial charge in [-0.15, -0.1) is 5.01 Å². The third kappa shape index (κ3) is 1.21. The highest BCUT2D eigenvalue weighted by Crippen LogP contribution is 2.14. The zero-order valence-electron chi connectivity index (χ0n) is 6.43. The number of primary amides is 1. The van der Waals surface area contributed by atoms with E-state index < -0.39 is 11.0 Å². The average Bonchev–Trinajstić information content (AvgIpc) is 2.30. The third-order valence-electron chi connectivity index (χ3n) is 1.49. The van der Waals surface area contributed by atoms with Gasteiger partial charge in [-0.3, -0.25) is 0 Å². The van der Waals surface area contributed by atoms with Gasteiger partial charge < -0.3 is 15.8 Å². The summed E-state index contributed by atoms with van der Waals surface area (Å²) in [6.07, 6.45) is 1.32. The fraction of sp³-hybridized carbons (Fsp3) is 0.400. The van der Waals surface area contributed by atoms with Gasteiger partial charge in [0.1, 0.15) is 0 Å². The molecule has 7 nitrogen and oxygen atoms in total. The van der Waals surface area contributed by atoms with Gasteiger partial charge in [0.25, 0.3) is 0 Å². The topological polar surface area (TPSA) is 92.7 Å². The number of hydrazine groups is 1. The van der Waals surface area contributed by atoms with E-state index >= 15 is 0 Å². The number of hydrogen-bond donors (Lipinski definition) is 1. The van der Waals surface area contributed by atoms with Crippen molar-refractivity contribution >= 4 is 6.03 Å². The molecule has 66 valence electrons. The molecule has 1 heterocycles. The smallest absolute Gasteiger partial charge is 0.358 e. The summed E-state index contributed by atoms with van der Waals surface area (Å²) in [5.41, 5.74) is 4.92. The molecule has 2 N–H and O–H groups in total. The van der Waals surface area contributed by atoms with E-state index in [1.807, 2.05) is 0 Å². The summed E-state index contributed by atoms with van der Waals surface area (Å²) in [7, 11) is 1.54. The lowest BCUT2D eigenvalue weighted by atomic mass is 10.6. The van der Waals surface area contributed by atoms with Crippen LogP contribution in [0.25, 0.3) is 0 Å². The van der Waals surface area contributed by atoms with E-state index in [9.17, 15) is 14.9 Å². The van der Waals surface area contributed by atoms with Crippen LogP contribution in [0.2, 0.25) is 0 Å². The molecule has 1 rings (SSSR count). The summed E-state index contributed by atoms with van der Waals surface area (Å²) < 4.78 is 0. The quantitative estimate of drug-likeness (QED) is 0.420. The van der Waals surface area contributed by atoms with Crippen molar-refractivity contribution in [1.29, 1.82) is 0 Å². The van der Waals surface area contributed by atoms with Crippen LogP contribution in [0.4, 0.5) is 4.79 Å². The molecule has 0 fully saturated rings. The molecule has 0 radical (unpaired) electrons. The number of carbonyl (C=O) groups excluding carboxylic acids is 1. The van der Waals surface area contributed by atoms with Gasteiger partial charge in [0.15, 0.2) is 0 Å². The summed E-state index contributed by atoms with van der Waals surface area (Å²) in [6, 6.07) is -0.849. The van der Waals surface area contributed by atoms with Gasteiger partial charge in [0.2, 0.25) is 0 Å². The van der Waals surface area contributed by atoms with Crippen LogP contribution in [0.5, 0.6) is 0 Å². The van der Waals surface area contributed by atoms with Crippen LogP contribution in [-0.4, -0.2) is 34.6 Å². The number of amides is 2. The van der Waals surface area contributed by atoms with Crippen LogP contribution in [0, 0.1) is 10.1 Å². The van der Waals surface area contributed by atoms with Crippen LogP contribution in [0.15, 0.2) is 11.9 Å². The largest absolute Gasteiger partial charge is 0.425 e. The fourth-order valence-electron chi connectivity index (χ4n) is 0.990. The van der Waals surface area contributed by atoms with Crippen molar-refractivity contribution in [2.24, 2.45) is 5.73 Å². The van der Waals surface area contributed by atoms with Crippen molar-refractivity contribution in [3.63, 3.8) is 0 Å². The molecule has 0 saturated heterocycles. The second-order valence-electron chi connectivity index (χ2n) is 2.31. The molecular formula is C5H8N4O3. The van der Waals surface area contributed by atoms with Crippen LogP contribution in [0.1, 0.15) is 0 Å². The summed E-state index contributed by atoms with van der Waals surface area (Å²) >= 11 is 0. The Morgan fingerprint density at radius 2 is 2.42 bits per heavy atom. The van der Waals surface area contributed by atoms with E-state index in [0.717, 1.165) is 5.01 Å². The molecule has 7 heteroatoms. The Balaban J connectivity index is 2.88. The number of urea groups is 1. The van der Waals surface area contributed by atoms with Crippen molar-refractivity contribution < 1.29 is 9.72 Å². The number of nitrogens with zero attached hydrogens (tertiary/aromatic N) is 3. The van der Waals surface area contributed by atoms with Gasteiger partial charge in [-0.2, -0.15) is 0 Å². The van der Waals surface area contributed by atoms with Crippen molar-refractivity contribution in [2.75, 3.05) is 13.6 Å². The van der Waals surface area contributed by atoms with Gasteiger partial charge in [-0.1, -0.05) is 5.01 Å². The predicted molar refractivity (Wildman–Crippen MR) is 39.1 cm³/mol. The highest BCUT2D eigenvalue weighted by molar-refractivity contribution is 5.73. The molecule has 12 heavy (non-hydrogen) atoms. The van der Waals surface area contributed by atoms with E-state index in [-0.39, 0.29) is 5.82 Å². The van der Waals surface area contributed by atoms with Gasteiger partial charge in [-0.05, 0) is 4.92 Å². The summed E-state index contributed by atoms with van der Waals surface area (Å²) in [6.45, 7) is 0.319. The second kappa shape index (κ2) is 2.78. The van der Waals surface area contributed by atoms with Crippen LogP contribution in [-0.2, 0) is 0 Å². The Labute approximate surface area is 68.1 Å². The van der Waals surface area contributed by atoms with E-state index in [0.29, 0.717) is 6.54 Å². The Morgan fingerprint density at radius 1 is 1.83 bits per heavy atom. The molecule has 0 aliphatic carbocycles. The SMILES string of the molecule is CN1CC=C([N+](=O)[O-])N1C(N)=O. The van der Waals surface area contributed by atoms with Gasteiger partial charge in [-0.25, -0.2) is 4.79 Å². The van der Waals surface area contributed by atoms with Crippen molar-refractivity contribution in [3.05, 3.63) is 22.0 Å². The zero-order chi connectivity index (χ0) is 9.30. The summed E-state index contributed by atoms with van der Waals surface area (Å²) in [5.74, 6) is -0.287. The lowest BCUT2D eigenvalue weighted by Gasteiger charge is -2.15. The number of nitro groups is 1. The molecule has 2 amide bonds. The lowest BCUT2D eigenvalue weighted by molar-refractivity contribution is -0.447. The van der Waals surface area contributed by atoms with Crippen molar-refractivity contribution in [3.8, 4) is 0 Å². The second-order valence-corrected chi connectivity index (χ2v) is 2.31. The minimum atomic E-state index is -0.849. The first-order chi connectivity index (χ1) is 5.54. The van der Waals surface area contributed by atoms with Gasteiger partial charge in [0.05, 0.1) is 6.54 Å². The lowest BCUT2D eigenvalue weighted by Crippen LogP contribution is -2.44. The minimum Gasteiger partial charge on any atom is -0.358 e. The Bertz CT molecular complexity index is 261. The predicted octanol–water partition coefficient (Wildman–Crippen LogP) is -0.654. The first-order valence-electron chi connectivity index (χ1n) is 3.19. The summed E-state index contributed by atoms with van der Waals surface area (Å²) in [4.78, 5) is 20.4. The maximum Gasteiger partial charge on any atom is 0.425 e. The fourth-order valence-corrected chi connectivity index (χ4v) is 0.990.